The van der Waals surface area contributed by atoms with Crippen LogP contribution in [0.15, 0.2) is 23.9 Å². The molecule has 0 N–H and O–H groups in total. The van der Waals surface area contributed by atoms with E-state index < -0.39 is 8.07 Å². The standard InChI is InChI=1S/C13H19NO2Si/c1-11-7-6-8-12(9-10-17(3,4)5)14(11)13(15)16-2/h6-8,12H,1-5H3. The van der Waals surface area contributed by atoms with Gasteiger partial charge in [0.15, 0.2) is 0 Å². The van der Waals surface area contributed by atoms with Crippen LogP contribution in [0.4, 0.5) is 4.79 Å². The summed E-state index contributed by atoms with van der Waals surface area (Å²) in [7, 11) is -0.0452. The molecule has 3 nitrogen and oxygen atoms in total. The molecule has 0 aliphatic carbocycles. The Balaban J connectivity index is 2.97. The van der Waals surface area contributed by atoms with Crippen LogP contribution < -0.4 is 0 Å². The number of methoxy groups -OCH3 is 1. The summed E-state index contributed by atoms with van der Waals surface area (Å²) >= 11 is 0. The van der Waals surface area contributed by atoms with Crippen molar-refractivity contribution in [2.75, 3.05) is 7.11 Å². The number of allylic oxidation sites excluding steroid dienone is 3. The van der Waals surface area contributed by atoms with E-state index in [0.717, 1.165) is 5.70 Å². The van der Waals surface area contributed by atoms with Gasteiger partial charge in [-0.15, -0.1) is 5.54 Å². The SMILES string of the molecule is COC(=O)N1C(C)=CC=CC1C#C[Si](C)(C)C. The molecule has 0 aromatic heterocycles. The van der Waals surface area contributed by atoms with Crippen molar-refractivity contribution >= 4 is 14.2 Å². The van der Waals surface area contributed by atoms with Crippen LogP contribution in [0.25, 0.3) is 0 Å². The zero-order valence-electron chi connectivity index (χ0n) is 11.1. The zero-order chi connectivity index (χ0) is 13.1. The smallest absolute Gasteiger partial charge is 0.415 e. The number of nitrogens with zero attached hydrogens (tertiary/aromatic N) is 1. The number of ether oxygens (including phenoxy) is 1. The van der Waals surface area contributed by atoms with Crippen LogP contribution in [0.5, 0.6) is 0 Å². The van der Waals surface area contributed by atoms with Crippen molar-refractivity contribution in [3.05, 3.63) is 23.9 Å². The Morgan fingerprint density at radius 2 is 2.12 bits per heavy atom. The van der Waals surface area contributed by atoms with Gasteiger partial charge in [-0.05, 0) is 19.1 Å². The van der Waals surface area contributed by atoms with Gasteiger partial charge >= 0.3 is 6.09 Å². The minimum absolute atomic E-state index is 0.209. The second-order valence-electron chi connectivity index (χ2n) is 5.00. The zero-order valence-corrected chi connectivity index (χ0v) is 12.1. The van der Waals surface area contributed by atoms with Crippen LogP contribution in [-0.2, 0) is 4.74 Å². The van der Waals surface area contributed by atoms with E-state index in [0.29, 0.717) is 0 Å². The van der Waals surface area contributed by atoms with Crippen LogP contribution in [-0.4, -0.2) is 32.2 Å². The third-order valence-corrected chi connectivity index (χ3v) is 3.15. The normalized spacial score (nSPS) is 19.2. The molecule has 17 heavy (non-hydrogen) atoms. The van der Waals surface area contributed by atoms with E-state index in [1.54, 1.807) is 4.90 Å². The molecular formula is C13H19NO2Si. The molecular weight excluding hydrogens is 230 g/mol. The predicted octanol–water partition coefficient (Wildman–Crippen LogP) is 2.78. The largest absolute Gasteiger partial charge is 0.452 e. The van der Waals surface area contributed by atoms with Crippen molar-refractivity contribution in [1.29, 1.82) is 0 Å². The Morgan fingerprint density at radius 1 is 1.47 bits per heavy atom. The molecule has 0 aromatic carbocycles. The van der Waals surface area contributed by atoms with Gasteiger partial charge < -0.3 is 4.74 Å². The maximum absolute atomic E-state index is 11.7. The number of amides is 1. The van der Waals surface area contributed by atoms with Crippen LogP contribution in [0.1, 0.15) is 6.92 Å². The lowest BCUT2D eigenvalue weighted by molar-refractivity contribution is 0.133. The first-order chi connectivity index (χ1) is 7.85. The van der Waals surface area contributed by atoms with Crippen molar-refractivity contribution in [2.24, 2.45) is 0 Å². The highest BCUT2D eigenvalue weighted by Gasteiger charge is 2.24. The quantitative estimate of drug-likeness (QED) is 0.488. The summed E-state index contributed by atoms with van der Waals surface area (Å²) in [5, 5.41) is 0. The molecule has 0 spiro atoms. The van der Waals surface area contributed by atoms with Gasteiger partial charge in [-0.25, -0.2) is 4.79 Å². The highest BCUT2D eigenvalue weighted by Crippen LogP contribution is 2.16. The second kappa shape index (κ2) is 5.24. The lowest BCUT2D eigenvalue weighted by atomic mass is 10.1. The van der Waals surface area contributed by atoms with E-state index in [1.165, 1.54) is 7.11 Å². The molecule has 0 fully saturated rings. The van der Waals surface area contributed by atoms with E-state index in [2.05, 4.69) is 31.1 Å². The first kappa shape index (κ1) is 13.6. The number of carbonyl (C=O) groups is 1. The molecule has 1 rings (SSSR count). The molecule has 1 unspecified atom stereocenters. The fourth-order valence-electron chi connectivity index (χ4n) is 1.44. The summed E-state index contributed by atoms with van der Waals surface area (Å²) in [6.45, 7) is 8.41. The number of carbonyl (C=O) groups excluding carboxylic acids is 1. The molecule has 1 aliphatic rings. The molecule has 0 aromatic rings. The molecule has 0 saturated heterocycles. The van der Waals surface area contributed by atoms with Crippen molar-refractivity contribution in [3.63, 3.8) is 0 Å². The van der Waals surface area contributed by atoms with Crippen molar-refractivity contribution < 1.29 is 9.53 Å². The van der Waals surface area contributed by atoms with Crippen LogP contribution in [0.2, 0.25) is 19.6 Å². The summed E-state index contributed by atoms with van der Waals surface area (Å²) in [4.78, 5) is 13.3. The average Bonchev–Trinajstić information content (AvgIpc) is 2.24. The van der Waals surface area contributed by atoms with E-state index in [9.17, 15) is 4.79 Å². The fraction of sp³-hybridized carbons (Fsp3) is 0.462. The summed E-state index contributed by atoms with van der Waals surface area (Å²) in [6.07, 6.45) is 5.36. The minimum atomic E-state index is -1.43. The van der Waals surface area contributed by atoms with E-state index in [4.69, 9.17) is 4.74 Å². The Kier molecular flexibility index (Phi) is 4.19. The maximum atomic E-state index is 11.7. The summed E-state index contributed by atoms with van der Waals surface area (Å²) < 4.78 is 4.78. The van der Waals surface area contributed by atoms with Crippen molar-refractivity contribution in [2.45, 2.75) is 32.6 Å². The number of hydrogen-bond acceptors (Lipinski definition) is 2. The summed E-state index contributed by atoms with van der Waals surface area (Å²) in [5.41, 5.74) is 4.14. The third-order valence-electron chi connectivity index (χ3n) is 2.26. The van der Waals surface area contributed by atoms with E-state index in [-0.39, 0.29) is 12.1 Å². The molecule has 0 bridgehead atoms. The van der Waals surface area contributed by atoms with E-state index >= 15 is 0 Å². The van der Waals surface area contributed by atoms with Gasteiger partial charge in [-0.2, -0.15) is 0 Å². The lowest BCUT2D eigenvalue weighted by Gasteiger charge is -2.28. The molecule has 1 heterocycles. The van der Waals surface area contributed by atoms with Gasteiger partial charge in [-0.1, -0.05) is 31.6 Å². The summed E-state index contributed by atoms with van der Waals surface area (Å²) in [6, 6.07) is -0.209. The van der Waals surface area contributed by atoms with Gasteiger partial charge in [0.25, 0.3) is 0 Å². The maximum Gasteiger partial charge on any atom is 0.415 e. The molecule has 0 radical (unpaired) electrons. The van der Waals surface area contributed by atoms with Crippen LogP contribution in [0.3, 0.4) is 0 Å². The second-order valence-corrected chi connectivity index (χ2v) is 9.75. The number of rotatable bonds is 0. The topological polar surface area (TPSA) is 29.5 Å². The molecule has 4 heteroatoms. The molecule has 1 amide bonds. The predicted molar refractivity (Wildman–Crippen MR) is 72.1 cm³/mol. The van der Waals surface area contributed by atoms with E-state index in [1.807, 2.05) is 25.2 Å². The molecule has 1 atom stereocenters. The third kappa shape index (κ3) is 3.79. The fourth-order valence-corrected chi connectivity index (χ4v) is 2.03. The molecule has 0 saturated carbocycles. The van der Waals surface area contributed by atoms with Gasteiger partial charge in [-0.3, -0.25) is 4.90 Å². The van der Waals surface area contributed by atoms with Crippen LogP contribution >= 0.6 is 0 Å². The van der Waals surface area contributed by atoms with Gasteiger partial charge in [0, 0.05) is 5.70 Å². The van der Waals surface area contributed by atoms with Crippen LogP contribution in [0, 0.1) is 11.5 Å². The first-order valence-electron chi connectivity index (χ1n) is 5.60. The van der Waals surface area contributed by atoms with Gasteiger partial charge in [0.2, 0.25) is 0 Å². The monoisotopic (exact) mass is 249 g/mol. The number of hydrogen-bond donors (Lipinski definition) is 0. The lowest BCUT2D eigenvalue weighted by Crippen LogP contribution is -2.38. The van der Waals surface area contributed by atoms with Gasteiger partial charge in [0.05, 0.1) is 7.11 Å². The Bertz CT molecular complexity index is 421. The Labute approximate surface area is 104 Å². The highest BCUT2D eigenvalue weighted by atomic mass is 28.3. The van der Waals surface area contributed by atoms with Crippen molar-refractivity contribution in [1.82, 2.24) is 4.90 Å². The molecule has 1 aliphatic heterocycles. The van der Waals surface area contributed by atoms with Crippen molar-refractivity contribution in [3.8, 4) is 11.5 Å². The Morgan fingerprint density at radius 3 is 2.65 bits per heavy atom. The Hall–Kier alpha value is -1.47. The molecule has 92 valence electrons. The summed E-state index contributed by atoms with van der Waals surface area (Å²) in [5.74, 6) is 3.17. The van der Waals surface area contributed by atoms with Gasteiger partial charge in [0.1, 0.15) is 14.1 Å². The average molecular weight is 249 g/mol. The minimum Gasteiger partial charge on any atom is -0.452 e. The first-order valence-corrected chi connectivity index (χ1v) is 9.10. The highest BCUT2D eigenvalue weighted by molar-refractivity contribution is 6.83.